The van der Waals surface area contributed by atoms with E-state index in [9.17, 15) is 15.2 Å². The molecule has 0 aliphatic carbocycles. The number of phenolic OH excluding ortho intramolecular Hbond substituents is 1. The third kappa shape index (κ3) is 5.71. The van der Waals surface area contributed by atoms with Gasteiger partial charge in [0.25, 0.3) is 5.69 Å². The van der Waals surface area contributed by atoms with Crippen molar-refractivity contribution in [3.05, 3.63) is 64.0 Å². The van der Waals surface area contributed by atoms with Crippen molar-refractivity contribution in [3.63, 3.8) is 0 Å². The minimum absolute atomic E-state index is 0.0119. The fraction of sp³-hybridized carbons (Fsp3) is 0.250. The van der Waals surface area contributed by atoms with Crippen LogP contribution in [-0.4, -0.2) is 39.3 Å². The molecule has 0 saturated heterocycles. The number of hydrogen-bond acceptors (Lipinski definition) is 6. The number of non-ortho nitro benzene ring substituents is 1. The lowest BCUT2D eigenvalue weighted by molar-refractivity contribution is -0.384. The minimum Gasteiger partial charge on any atom is -0.507 e. The molecule has 0 amide bonds. The number of aryl methyl sites for hydroxylation is 1. The summed E-state index contributed by atoms with van der Waals surface area (Å²) >= 11 is 1.77. The highest BCUT2D eigenvalue weighted by Gasteiger charge is 2.08. The van der Waals surface area contributed by atoms with Crippen LogP contribution < -0.4 is 0 Å². The van der Waals surface area contributed by atoms with E-state index in [2.05, 4.69) is 9.98 Å². The van der Waals surface area contributed by atoms with E-state index in [1.807, 2.05) is 18.2 Å². The molecule has 0 spiro atoms. The van der Waals surface area contributed by atoms with Gasteiger partial charge < -0.3 is 5.11 Å². The van der Waals surface area contributed by atoms with Crippen LogP contribution in [0.2, 0.25) is 0 Å². The van der Waals surface area contributed by atoms with Crippen molar-refractivity contribution in [1.82, 2.24) is 4.98 Å². The Morgan fingerprint density at radius 2 is 2.17 bits per heavy atom. The van der Waals surface area contributed by atoms with Gasteiger partial charge in [-0.2, -0.15) is 11.8 Å². The number of pyridine rings is 1. The summed E-state index contributed by atoms with van der Waals surface area (Å²) in [6.45, 7) is 0.592. The maximum atomic E-state index is 10.7. The molecule has 0 atom stereocenters. The fourth-order valence-electron chi connectivity index (χ4n) is 1.86. The van der Waals surface area contributed by atoms with Gasteiger partial charge in [0.2, 0.25) is 0 Å². The SMILES string of the molecule is O=[N+]([O-])c1ccc(O)c(C=NCCSCCc2ccccn2)c1. The standard InChI is InChI=1S/C16H17N3O3S/c20-16-5-4-15(19(21)22)11-13(16)12-17-8-10-23-9-6-14-3-1-2-7-18-14/h1-5,7,11-12,20H,6,8-10H2. The van der Waals surface area contributed by atoms with Crippen molar-refractivity contribution < 1.29 is 10.0 Å². The number of rotatable bonds is 8. The van der Waals surface area contributed by atoms with Gasteiger partial charge in [-0.1, -0.05) is 6.07 Å². The number of benzene rings is 1. The van der Waals surface area contributed by atoms with Crippen molar-refractivity contribution >= 4 is 23.7 Å². The predicted octanol–water partition coefficient (Wildman–Crippen LogP) is 3.09. The Balaban J connectivity index is 1.72. The highest BCUT2D eigenvalue weighted by atomic mass is 32.2. The van der Waals surface area contributed by atoms with E-state index in [4.69, 9.17) is 0 Å². The summed E-state index contributed by atoms with van der Waals surface area (Å²) in [5, 5.41) is 20.4. The lowest BCUT2D eigenvalue weighted by Gasteiger charge is -2.00. The zero-order valence-corrected chi connectivity index (χ0v) is 13.3. The average Bonchev–Trinajstić information content (AvgIpc) is 2.56. The molecule has 1 aromatic heterocycles. The monoisotopic (exact) mass is 331 g/mol. The van der Waals surface area contributed by atoms with Gasteiger partial charge in [0.05, 0.1) is 4.92 Å². The first-order valence-electron chi connectivity index (χ1n) is 7.11. The van der Waals surface area contributed by atoms with Crippen LogP contribution in [0.3, 0.4) is 0 Å². The molecule has 2 rings (SSSR count). The highest BCUT2D eigenvalue weighted by molar-refractivity contribution is 7.99. The van der Waals surface area contributed by atoms with Crippen LogP contribution in [0.1, 0.15) is 11.3 Å². The molecule has 0 bridgehead atoms. The number of nitro groups is 1. The van der Waals surface area contributed by atoms with Crippen molar-refractivity contribution in [1.29, 1.82) is 0 Å². The molecule has 7 heteroatoms. The lowest BCUT2D eigenvalue weighted by atomic mass is 10.2. The van der Waals surface area contributed by atoms with Gasteiger partial charge >= 0.3 is 0 Å². The van der Waals surface area contributed by atoms with Crippen molar-refractivity contribution in [3.8, 4) is 5.75 Å². The van der Waals surface area contributed by atoms with E-state index in [0.29, 0.717) is 12.1 Å². The maximum Gasteiger partial charge on any atom is 0.270 e. The number of thioether (sulfide) groups is 1. The predicted molar refractivity (Wildman–Crippen MR) is 92.5 cm³/mol. The van der Waals surface area contributed by atoms with Crippen molar-refractivity contribution in [2.24, 2.45) is 4.99 Å². The number of nitro benzene ring substituents is 1. The second-order valence-electron chi connectivity index (χ2n) is 4.72. The largest absolute Gasteiger partial charge is 0.507 e. The summed E-state index contributed by atoms with van der Waals surface area (Å²) in [7, 11) is 0. The molecule has 6 nitrogen and oxygen atoms in total. The molecular weight excluding hydrogens is 314 g/mol. The van der Waals surface area contributed by atoms with Crippen LogP contribution in [0.15, 0.2) is 47.6 Å². The molecule has 1 N–H and O–H groups in total. The van der Waals surface area contributed by atoms with E-state index in [1.165, 1.54) is 24.4 Å². The summed E-state index contributed by atoms with van der Waals surface area (Å²) in [5.74, 6) is 1.80. The maximum absolute atomic E-state index is 10.7. The molecular formula is C16H17N3O3S. The number of aliphatic imine (C=N–C) groups is 1. The molecule has 1 heterocycles. The third-order valence-corrected chi connectivity index (χ3v) is 4.01. The molecule has 23 heavy (non-hydrogen) atoms. The van der Waals surface area contributed by atoms with Crippen molar-refractivity contribution in [2.75, 3.05) is 18.1 Å². The second-order valence-corrected chi connectivity index (χ2v) is 5.94. The lowest BCUT2D eigenvalue weighted by Crippen LogP contribution is -1.95. The van der Waals surface area contributed by atoms with Gasteiger partial charge in [0, 0.05) is 48.1 Å². The van der Waals surface area contributed by atoms with E-state index in [1.54, 1.807) is 18.0 Å². The first-order valence-corrected chi connectivity index (χ1v) is 8.27. The number of phenols is 1. The van der Waals surface area contributed by atoms with Crippen LogP contribution in [0.25, 0.3) is 0 Å². The zero-order chi connectivity index (χ0) is 16.5. The number of aromatic hydroxyl groups is 1. The van der Waals surface area contributed by atoms with E-state index >= 15 is 0 Å². The molecule has 2 aromatic rings. The Labute approximate surface area is 138 Å². The Hall–Kier alpha value is -2.41. The normalized spacial score (nSPS) is 11.0. The molecule has 120 valence electrons. The fourth-order valence-corrected chi connectivity index (χ4v) is 2.66. The van der Waals surface area contributed by atoms with Gasteiger partial charge in [-0.25, -0.2) is 0 Å². The van der Waals surface area contributed by atoms with E-state index in [0.717, 1.165) is 23.6 Å². The molecule has 0 fully saturated rings. The summed E-state index contributed by atoms with van der Waals surface area (Å²) in [5.41, 5.74) is 1.37. The molecule has 0 radical (unpaired) electrons. The van der Waals surface area contributed by atoms with Gasteiger partial charge in [-0.05, 0) is 30.4 Å². The van der Waals surface area contributed by atoms with Crippen LogP contribution in [0.5, 0.6) is 5.75 Å². The Kier molecular flexibility index (Phi) is 6.56. The van der Waals surface area contributed by atoms with Gasteiger partial charge in [0.15, 0.2) is 0 Å². The van der Waals surface area contributed by atoms with Gasteiger partial charge in [0.1, 0.15) is 5.75 Å². The zero-order valence-electron chi connectivity index (χ0n) is 12.5. The van der Waals surface area contributed by atoms with Crippen LogP contribution in [-0.2, 0) is 6.42 Å². The number of hydrogen-bond donors (Lipinski definition) is 1. The number of aromatic nitrogens is 1. The van der Waals surface area contributed by atoms with Gasteiger partial charge in [-0.3, -0.25) is 20.1 Å². The topological polar surface area (TPSA) is 88.6 Å². The summed E-state index contributed by atoms with van der Waals surface area (Å²) < 4.78 is 0. The second kappa shape index (κ2) is 8.89. The molecule has 1 aromatic carbocycles. The summed E-state index contributed by atoms with van der Waals surface area (Å²) in [4.78, 5) is 18.7. The first-order chi connectivity index (χ1) is 11.2. The number of nitrogens with zero attached hydrogens (tertiary/aromatic N) is 3. The van der Waals surface area contributed by atoms with Crippen LogP contribution in [0, 0.1) is 10.1 Å². The quantitative estimate of drug-likeness (QED) is 0.347. The van der Waals surface area contributed by atoms with E-state index < -0.39 is 4.92 Å². The molecule has 0 aliphatic heterocycles. The summed E-state index contributed by atoms with van der Waals surface area (Å²) in [6, 6.07) is 9.76. The third-order valence-electron chi connectivity index (χ3n) is 3.05. The molecule has 0 unspecified atom stereocenters. The molecule has 0 saturated carbocycles. The first kappa shape index (κ1) is 17.0. The molecule has 0 aliphatic rings. The minimum atomic E-state index is -0.496. The van der Waals surface area contributed by atoms with Crippen LogP contribution in [0.4, 0.5) is 5.69 Å². The Bertz CT molecular complexity index is 678. The average molecular weight is 331 g/mol. The summed E-state index contributed by atoms with van der Waals surface area (Å²) in [6.07, 6.45) is 4.18. The van der Waals surface area contributed by atoms with Crippen molar-refractivity contribution in [2.45, 2.75) is 6.42 Å². The van der Waals surface area contributed by atoms with E-state index in [-0.39, 0.29) is 11.4 Å². The smallest absolute Gasteiger partial charge is 0.270 e. The highest BCUT2D eigenvalue weighted by Crippen LogP contribution is 2.21. The van der Waals surface area contributed by atoms with Crippen LogP contribution >= 0.6 is 11.8 Å². The Morgan fingerprint density at radius 3 is 2.91 bits per heavy atom. The van der Waals surface area contributed by atoms with Gasteiger partial charge in [-0.15, -0.1) is 0 Å². The Morgan fingerprint density at radius 1 is 1.30 bits per heavy atom.